The molecule has 0 saturated heterocycles. The number of halogens is 2. The molecule has 3 rings (SSSR count). The Morgan fingerprint density at radius 2 is 1.67 bits per heavy atom. The van der Waals surface area contributed by atoms with Gasteiger partial charge in [0.2, 0.25) is 0 Å². The fourth-order valence-corrected chi connectivity index (χ4v) is 3.17. The summed E-state index contributed by atoms with van der Waals surface area (Å²) in [6, 6.07) is 7.29. The topological polar surface area (TPSA) is 74.9 Å². The maximum atomic E-state index is 13.0. The van der Waals surface area contributed by atoms with E-state index in [4.69, 9.17) is 4.74 Å². The zero-order chi connectivity index (χ0) is 14.3. The van der Waals surface area contributed by atoms with Crippen LogP contribution in [-0.4, -0.2) is 21.2 Å². The molecule has 1 atom stereocenters. The molecule has 0 spiro atoms. The minimum atomic E-state index is -1.32. The number of carbonyl (C=O) groups excluding carboxylic acids is 1. The van der Waals surface area contributed by atoms with Gasteiger partial charge in [-0.05, 0) is 18.2 Å². The zero-order valence-corrected chi connectivity index (χ0v) is 11.4. The second-order valence-electron chi connectivity index (χ2n) is 4.28. The summed E-state index contributed by atoms with van der Waals surface area (Å²) in [7, 11) is -1.32. The highest BCUT2D eigenvalue weighted by Crippen LogP contribution is 2.30. The lowest BCUT2D eigenvalue weighted by Gasteiger charge is -2.07. The fourth-order valence-electron chi connectivity index (χ4n) is 1.99. The summed E-state index contributed by atoms with van der Waals surface area (Å²) in [5.41, 5.74) is 0.331. The maximum Gasteiger partial charge on any atom is 0.177 e. The third-order valence-electron chi connectivity index (χ3n) is 2.83. The molecule has 1 aliphatic rings. The Bertz CT molecular complexity index is 725. The lowest BCUT2D eigenvalue weighted by Crippen LogP contribution is -1.97. The Labute approximate surface area is 121 Å². The van der Waals surface area contributed by atoms with E-state index in [0.717, 1.165) is 18.2 Å². The molecule has 0 saturated carbocycles. The van der Waals surface area contributed by atoms with E-state index in [1.807, 2.05) is 0 Å². The maximum absolute atomic E-state index is 13.0. The summed E-state index contributed by atoms with van der Waals surface area (Å²) in [5, 5.41) is 0. The smallest absolute Gasteiger partial charge is 0.177 e. The van der Waals surface area contributed by atoms with E-state index in [1.165, 1.54) is 18.2 Å². The molecule has 0 aliphatic carbocycles. The molecular formula is C14H10F2O4S. The van der Waals surface area contributed by atoms with Gasteiger partial charge in [-0.15, -0.1) is 0 Å². The Kier molecular flexibility index (Phi) is 4.15. The molecule has 1 heterocycles. The van der Waals surface area contributed by atoms with Crippen LogP contribution < -0.4 is 4.74 Å². The highest BCUT2D eigenvalue weighted by molar-refractivity contribution is 7.86. The van der Waals surface area contributed by atoms with Crippen LogP contribution in [0.15, 0.2) is 41.3 Å². The molecule has 2 aromatic carbocycles. The van der Waals surface area contributed by atoms with E-state index in [-0.39, 0.29) is 28.5 Å². The third-order valence-corrected chi connectivity index (χ3v) is 4.20. The first-order valence-corrected chi connectivity index (χ1v) is 7.04. The Morgan fingerprint density at radius 1 is 1.00 bits per heavy atom. The number of Topliss-reactive ketones (excluding diaryl/α,β-unsaturated/α-hetero) is 1. The van der Waals surface area contributed by atoms with E-state index in [1.54, 1.807) is 0 Å². The first-order chi connectivity index (χ1) is 9.52. The second kappa shape index (κ2) is 5.71. The van der Waals surface area contributed by atoms with E-state index < -0.39 is 22.4 Å². The molecule has 7 heteroatoms. The number of hydrogen-bond donors (Lipinski definition) is 0. The molecule has 110 valence electrons. The summed E-state index contributed by atoms with van der Waals surface area (Å²) in [6.45, 7) is 0. The Morgan fingerprint density at radius 3 is 2.33 bits per heavy atom. The van der Waals surface area contributed by atoms with Gasteiger partial charge >= 0.3 is 0 Å². The van der Waals surface area contributed by atoms with Crippen LogP contribution in [0.5, 0.6) is 11.5 Å². The molecule has 1 unspecified atom stereocenters. The van der Waals surface area contributed by atoms with Gasteiger partial charge in [0, 0.05) is 23.8 Å². The van der Waals surface area contributed by atoms with Crippen LogP contribution in [-0.2, 0) is 10.8 Å². The number of benzene rings is 2. The highest BCUT2D eigenvalue weighted by atomic mass is 32.2. The van der Waals surface area contributed by atoms with Crippen LogP contribution in [0.1, 0.15) is 10.4 Å². The lowest BCUT2D eigenvalue weighted by atomic mass is 10.1. The second-order valence-corrected chi connectivity index (χ2v) is 5.70. The first-order valence-electron chi connectivity index (χ1n) is 5.72. The summed E-state index contributed by atoms with van der Waals surface area (Å²) < 4.78 is 43.0. The number of rotatable bonds is 2. The van der Waals surface area contributed by atoms with Crippen molar-refractivity contribution in [1.29, 1.82) is 0 Å². The van der Waals surface area contributed by atoms with Crippen LogP contribution in [0, 0.1) is 11.6 Å². The molecule has 0 amide bonds. The average Bonchev–Trinajstić information content (AvgIpc) is 2.63. The van der Waals surface area contributed by atoms with Crippen LogP contribution in [0.4, 0.5) is 8.78 Å². The van der Waals surface area contributed by atoms with Crippen molar-refractivity contribution in [2.45, 2.75) is 4.90 Å². The van der Waals surface area contributed by atoms with E-state index in [2.05, 4.69) is 0 Å². The van der Waals surface area contributed by atoms with Crippen molar-refractivity contribution in [3.8, 4) is 11.5 Å². The van der Waals surface area contributed by atoms with E-state index in [0.29, 0.717) is 10.5 Å². The van der Waals surface area contributed by atoms with Gasteiger partial charge in [-0.1, -0.05) is 0 Å². The van der Waals surface area contributed by atoms with Crippen LogP contribution >= 0.6 is 0 Å². The molecule has 0 fully saturated rings. The molecule has 4 nitrogen and oxygen atoms in total. The summed E-state index contributed by atoms with van der Waals surface area (Å²) in [6.07, 6.45) is 0. The Hall–Kier alpha value is -2.12. The number of fused-ring (bicyclic) bond motifs is 1. The highest BCUT2D eigenvalue weighted by Gasteiger charge is 2.26. The van der Waals surface area contributed by atoms with Crippen LogP contribution in [0.3, 0.4) is 0 Å². The van der Waals surface area contributed by atoms with Gasteiger partial charge in [0.25, 0.3) is 0 Å². The third kappa shape index (κ3) is 2.98. The van der Waals surface area contributed by atoms with E-state index >= 15 is 0 Å². The van der Waals surface area contributed by atoms with Gasteiger partial charge in [0.15, 0.2) is 5.78 Å². The van der Waals surface area contributed by atoms with Crippen molar-refractivity contribution in [2.75, 3.05) is 5.75 Å². The van der Waals surface area contributed by atoms with Crippen molar-refractivity contribution in [3.63, 3.8) is 0 Å². The van der Waals surface area contributed by atoms with E-state index in [9.17, 15) is 17.8 Å². The van der Waals surface area contributed by atoms with Crippen molar-refractivity contribution in [2.24, 2.45) is 0 Å². The van der Waals surface area contributed by atoms with Gasteiger partial charge in [-0.25, -0.2) is 8.78 Å². The lowest BCUT2D eigenvalue weighted by molar-refractivity contribution is 0.102. The van der Waals surface area contributed by atoms with Gasteiger partial charge < -0.3 is 10.2 Å². The standard InChI is InChI=1S/C14H8F2O3S.H2O/c15-8-3-9(16)5-11(4-8)19-10-1-2-14-12(6-10)13(17)7-20(14)18;/h1-6H,7H2;1H2. The van der Waals surface area contributed by atoms with Gasteiger partial charge in [0.1, 0.15) is 23.1 Å². The van der Waals surface area contributed by atoms with Gasteiger partial charge in [-0.3, -0.25) is 9.00 Å². The van der Waals surface area contributed by atoms with Crippen LogP contribution in [0.25, 0.3) is 0 Å². The predicted molar refractivity (Wildman–Crippen MR) is 72.1 cm³/mol. The predicted octanol–water partition coefficient (Wildman–Crippen LogP) is 2.24. The monoisotopic (exact) mass is 312 g/mol. The summed E-state index contributed by atoms with van der Waals surface area (Å²) in [4.78, 5) is 12.1. The number of carbonyl (C=O) groups is 1. The van der Waals surface area contributed by atoms with Crippen molar-refractivity contribution < 1.29 is 28.0 Å². The molecular weight excluding hydrogens is 302 g/mol. The minimum Gasteiger partial charge on any atom is -0.457 e. The molecule has 0 radical (unpaired) electrons. The zero-order valence-electron chi connectivity index (χ0n) is 10.6. The van der Waals surface area contributed by atoms with Crippen molar-refractivity contribution >= 4 is 16.6 Å². The molecule has 0 bridgehead atoms. The number of hydrogen-bond acceptors (Lipinski definition) is 3. The largest absolute Gasteiger partial charge is 0.457 e. The Balaban J connectivity index is 0.00000161. The van der Waals surface area contributed by atoms with Crippen molar-refractivity contribution in [1.82, 2.24) is 0 Å². The van der Waals surface area contributed by atoms with Gasteiger partial charge in [0.05, 0.1) is 21.4 Å². The quantitative estimate of drug-likeness (QED) is 0.853. The number of ketones is 1. The average molecular weight is 312 g/mol. The summed E-state index contributed by atoms with van der Waals surface area (Å²) >= 11 is 0. The normalized spacial score (nSPS) is 16.3. The molecule has 2 N–H and O–H groups in total. The number of ether oxygens (including phenoxy) is 1. The minimum absolute atomic E-state index is 0. The summed E-state index contributed by atoms with van der Waals surface area (Å²) in [5.74, 6) is -1.51. The SMILES string of the molecule is O.O=C1CS(=O)c2ccc(Oc3cc(F)cc(F)c3)cc21. The molecule has 0 aromatic heterocycles. The molecule has 1 aliphatic heterocycles. The molecule has 2 aromatic rings. The van der Waals surface area contributed by atoms with Gasteiger partial charge in [-0.2, -0.15) is 0 Å². The fraction of sp³-hybridized carbons (Fsp3) is 0.0714. The van der Waals surface area contributed by atoms with Crippen molar-refractivity contribution in [3.05, 3.63) is 53.6 Å². The molecule has 21 heavy (non-hydrogen) atoms. The van der Waals surface area contributed by atoms with Crippen LogP contribution in [0.2, 0.25) is 0 Å². The first kappa shape index (κ1) is 15.3.